The lowest BCUT2D eigenvalue weighted by molar-refractivity contribution is 0.0526. The number of aryl methyl sites for hydroxylation is 1. The van der Waals surface area contributed by atoms with Crippen LogP contribution in [-0.4, -0.2) is 27.5 Å². The van der Waals surface area contributed by atoms with Crippen molar-refractivity contribution < 1.29 is 17.9 Å². The second-order valence-electron chi connectivity index (χ2n) is 6.56. The van der Waals surface area contributed by atoms with Crippen LogP contribution in [-0.2, 0) is 14.8 Å². The van der Waals surface area contributed by atoms with Crippen LogP contribution < -0.4 is 4.31 Å². The van der Waals surface area contributed by atoms with Crippen molar-refractivity contribution in [3.63, 3.8) is 0 Å². The molecule has 5 nitrogen and oxygen atoms in total. The summed E-state index contributed by atoms with van der Waals surface area (Å²) < 4.78 is 33.2. The molecule has 0 amide bonds. The molecule has 0 aliphatic heterocycles. The molecule has 0 saturated carbocycles. The van der Waals surface area contributed by atoms with Gasteiger partial charge in [0.1, 0.15) is 0 Å². The summed E-state index contributed by atoms with van der Waals surface area (Å²) in [5.41, 5.74) is 1.53. The van der Waals surface area contributed by atoms with Crippen molar-refractivity contribution in [3.8, 4) is 0 Å². The summed E-state index contributed by atoms with van der Waals surface area (Å²) in [6.45, 7) is 7.59. The Morgan fingerprint density at radius 2 is 1.79 bits per heavy atom. The van der Waals surface area contributed by atoms with Crippen molar-refractivity contribution in [2.24, 2.45) is 0 Å². The topological polar surface area (TPSA) is 63.7 Å². The molecule has 3 rings (SSSR count). The number of rotatable bonds is 7. The Kier molecular flexibility index (Phi) is 6.03. The molecule has 3 aromatic rings. The molecule has 29 heavy (non-hydrogen) atoms. The first kappa shape index (κ1) is 20.6. The van der Waals surface area contributed by atoms with Crippen LogP contribution in [0.5, 0.6) is 0 Å². The van der Waals surface area contributed by atoms with Gasteiger partial charge >= 0.3 is 5.97 Å². The van der Waals surface area contributed by atoms with Gasteiger partial charge in [-0.05, 0) is 60.5 Å². The molecule has 0 saturated heterocycles. The van der Waals surface area contributed by atoms with E-state index in [0.29, 0.717) is 16.8 Å². The van der Waals surface area contributed by atoms with E-state index in [9.17, 15) is 13.2 Å². The molecule has 0 aliphatic carbocycles. The molecule has 0 N–H and O–H groups in total. The van der Waals surface area contributed by atoms with Crippen LogP contribution in [0.3, 0.4) is 0 Å². The van der Waals surface area contributed by atoms with E-state index in [1.807, 2.05) is 24.3 Å². The number of fused-ring (bicyclic) bond motifs is 1. The van der Waals surface area contributed by atoms with Crippen LogP contribution in [0.15, 0.2) is 78.2 Å². The highest BCUT2D eigenvalue weighted by atomic mass is 32.2. The first-order valence-corrected chi connectivity index (χ1v) is 10.7. The first-order valence-electron chi connectivity index (χ1n) is 9.28. The molecule has 150 valence electrons. The lowest BCUT2D eigenvalue weighted by atomic mass is 10.1. The average molecular weight is 410 g/mol. The Hall–Kier alpha value is -3.12. The number of carbonyl (C=O) groups is 1. The van der Waals surface area contributed by atoms with Gasteiger partial charge in [-0.1, -0.05) is 36.4 Å². The van der Waals surface area contributed by atoms with Crippen molar-refractivity contribution in [3.05, 3.63) is 84.4 Å². The van der Waals surface area contributed by atoms with E-state index in [2.05, 4.69) is 6.58 Å². The van der Waals surface area contributed by atoms with Gasteiger partial charge in [0.25, 0.3) is 10.0 Å². The SMILES string of the molecule is C=CCN(c1ccc(C(=O)OCC)cc1C)S(=O)(=O)c1ccc2ccccc2c1. The van der Waals surface area contributed by atoms with Crippen molar-refractivity contribution >= 4 is 32.5 Å². The monoisotopic (exact) mass is 409 g/mol. The first-order chi connectivity index (χ1) is 13.9. The summed E-state index contributed by atoms with van der Waals surface area (Å²) in [5.74, 6) is -0.435. The standard InChI is InChI=1S/C23H23NO4S/c1-4-14-24(22-13-11-20(15-17(22)3)23(25)28-5-2)29(26,27)21-12-10-18-8-6-7-9-19(18)16-21/h4,6-13,15-16H,1,5,14H2,2-3H3. The average Bonchev–Trinajstić information content (AvgIpc) is 2.72. The second kappa shape index (κ2) is 8.49. The zero-order valence-corrected chi connectivity index (χ0v) is 17.3. The van der Waals surface area contributed by atoms with Gasteiger partial charge in [-0.15, -0.1) is 6.58 Å². The Bertz CT molecular complexity index is 1170. The highest BCUT2D eigenvalue weighted by Gasteiger charge is 2.26. The van der Waals surface area contributed by atoms with E-state index in [1.165, 1.54) is 10.4 Å². The molecule has 0 atom stereocenters. The van der Waals surface area contributed by atoms with Crippen molar-refractivity contribution in [2.45, 2.75) is 18.7 Å². The van der Waals surface area contributed by atoms with Gasteiger partial charge in [0, 0.05) is 0 Å². The Balaban J connectivity index is 2.06. The van der Waals surface area contributed by atoms with Crippen LogP contribution >= 0.6 is 0 Å². The van der Waals surface area contributed by atoms with Gasteiger partial charge in [0.15, 0.2) is 0 Å². The number of nitrogens with zero attached hydrogens (tertiary/aromatic N) is 1. The summed E-state index contributed by atoms with van der Waals surface area (Å²) in [6, 6.07) is 17.5. The summed E-state index contributed by atoms with van der Waals surface area (Å²) in [7, 11) is -3.83. The minimum absolute atomic E-state index is 0.106. The zero-order chi connectivity index (χ0) is 21.0. The van der Waals surface area contributed by atoms with E-state index in [-0.39, 0.29) is 18.0 Å². The highest BCUT2D eigenvalue weighted by Crippen LogP contribution is 2.29. The summed E-state index contributed by atoms with van der Waals surface area (Å²) >= 11 is 0. The second-order valence-corrected chi connectivity index (χ2v) is 8.42. The third-order valence-corrected chi connectivity index (χ3v) is 6.36. The van der Waals surface area contributed by atoms with E-state index < -0.39 is 16.0 Å². The predicted molar refractivity (Wildman–Crippen MR) is 116 cm³/mol. The predicted octanol–water partition coefficient (Wildman–Crippen LogP) is 4.71. The smallest absolute Gasteiger partial charge is 0.338 e. The van der Waals surface area contributed by atoms with E-state index in [4.69, 9.17) is 4.74 Å². The van der Waals surface area contributed by atoms with Gasteiger partial charge in [-0.25, -0.2) is 13.2 Å². The quantitative estimate of drug-likeness (QED) is 0.419. The third kappa shape index (κ3) is 4.17. The van der Waals surface area contributed by atoms with Gasteiger partial charge < -0.3 is 4.74 Å². The minimum Gasteiger partial charge on any atom is -0.462 e. The normalized spacial score (nSPS) is 11.2. The number of sulfonamides is 1. The fourth-order valence-electron chi connectivity index (χ4n) is 3.17. The van der Waals surface area contributed by atoms with Crippen LogP contribution in [0.1, 0.15) is 22.8 Å². The van der Waals surface area contributed by atoms with Crippen molar-refractivity contribution in [2.75, 3.05) is 17.5 Å². The molecule has 0 spiro atoms. The summed E-state index contributed by atoms with van der Waals surface area (Å²) in [5, 5.41) is 1.82. The number of anilines is 1. The minimum atomic E-state index is -3.83. The number of esters is 1. The Labute approximate surface area is 171 Å². The number of ether oxygens (including phenoxy) is 1. The van der Waals surface area contributed by atoms with Crippen LogP contribution in [0.25, 0.3) is 10.8 Å². The number of benzene rings is 3. The summed E-state index contributed by atoms with van der Waals surface area (Å²) in [4.78, 5) is 12.2. The highest BCUT2D eigenvalue weighted by molar-refractivity contribution is 7.92. The molecule has 0 aromatic heterocycles. The van der Waals surface area contributed by atoms with Crippen LogP contribution in [0, 0.1) is 6.92 Å². The number of carbonyl (C=O) groups excluding carboxylic acids is 1. The molecular formula is C23H23NO4S. The van der Waals surface area contributed by atoms with Crippen molar-refractivity contribution in [1.29, 1.82) is 0 Å². The summed E-state index contributed by atoms with van der Waals surface area (Å²) in [6.07, 6.45) is 1.54. The zero-order valence-electron chi connectivity index (χ0n) is 16.5. The third-order valence-electron chi connectivity index (χ3n) is 4.58. The number of hydrogen-bond acceptors (Lipinski definition) is 4. The maximum Gasteiger partial charge on any atom is 0.338 e. The van der Waals surface area contributed by atoms with Gasteiger partial charge in [0.05, 0.1) is 29.3 Å². The van der Waals surface area contributed by atoms with E-state index in [0.717, 1.165) is 10.8 Å². The lowest BCUT2D eigenvalue weighted by Gasteiger charge is -2.25. The van der Waals surface area contributed by atoms with Crippen LogP contribution in [0.2, 0.25) is 0 Å². The van der Waals surface area contributed by atoms with Gasteiger partial charge in [-0.3, -0.25) is 4.31 Å². The van der Waals surface area contributed by atoms with Gasteiger partial charge in [-0.2, -0.15) is 0 Å². The molecule has 0 heterocycles. The fraction of sp³-hybridized carbons (Fsp3) is 0.174. The molecule has 0 unspecified atom stereocenters. The largest absolute Gasteiger partial charge is 0.462 e. The molecule has 0 aliphatic rings. The molecule has 3 aromatic carbocycles. The number of hydrogen-bond donors (Lipinski definition) is 0. The molecular weight excluding hydrogens is 386 g/mol. The maximum atomic E-state index is 13.4. The Morgan fingerprint density at radius 3 is 2.45 bits per heavy atom. The molecule has 0 radical (unpaired) electrons. The van der Waals surface area contributed by atoms with E-state index in [1.54, 1.807) is 50.2 Å². The van der Waals surface area contributed by atoms with Crippen LogP contribution in [0.4, 0.5) is 5.69 Å². The van der Waals surface area contributed by atoms with Gasteiger partial charge in [0.2, 0.25) is 0 Å². The lowest BCUT2D eigenvalue weighted by Crippen LogP contribution is -2.31. The molecule has 0 fully saturated rings. The van der Waals surface area contributed by atoms with E-state index >= 15 is 0 Å². The molecule has 0 bridgehead atoms. The Morgan fingerprint density at radius 1 is 1.07 bits per heavy atom. The molecule has 6 heteroatoms. The maximum absolute atomic E-state index is 13.4. The fourth-order valence-corrected chi connectivity index (χ4v) is 4.71. The van der Waals surface area contributed by atoms with Crippen molar-refractivity contribution in [1.82, 2.24) is 0 Å².